The topological polar surface area (TPSA) is 90.9 Å². The van der Waals surface area contributed by atoms with Gasteiger partial charge in [0.2, 0.25) is 5.91 Å². The van der Waals surface area contributed by atoms with Gasteiger partial charge in [0, 0.05) is 12.8 Å². The van der Waals surface area contributed by atoms with Gasteiger partial charge >= 0.3 is 0 Å². The van der Waals surface area contributed by atoms with Crippen molar-refractivity contribution < 1.29 is 9.90 Å². The van der Waals surface area contributed by atoms with Gasteiger partial charge in [0.05, 0.1) is 12.6 Å². The van der Waals surface area contributed by atoms with Crippen LogP contribution in [0, 0.1) is 5.41 Å². The van der Waals surface area contributed by atoms with E-state index in [1.54, 1.807) is 0 Å². The summed E-state index contributed by atoms with van der Waals surface area (Å²) in [5.74, 6) is 0.621. The maximum absolute atomic E-state index is 11.7. The number of aromatic nitrogens is 3. The second-order valence-electron chi connectivity index (χ2n) is 5.64. The third kappa shape index (κ3) is 5.77. The van der Waals surface area contributed by atoms with Gasteiger partial charge in [-0.2, -0.15) is 5.10 Å². The van der Waals surface area contributed by atoms with E-state index in [0.29, 0.717) is 18.7 Å². The molecule has 0 saturated heterocycles. The van der Waals surface area contributed by atoms with E-state index in [4.69, 9.17) is 0 Å². The Morgan fingerprint density at radius 3 is 2.78 bits per heavy atom. The SMILES string of the molecule is CC(C)(C)CC(CO)NC(=O)CCc1ncn[nH]1. The first-order valence-electron chi connectivity index (χ1n) is 6.15. The summed E-state index contributed by atoms with van der Waals surface area (Å²) < 4.78 is 0. The number of aryl methyl sites for hydroxylation is 1. The van der Waals surface area contributed by atoms with Gasteiger partial charge in [0.15, 0.2) is 0 Å². The highest BCUT2D eigenvalue weighted by Gasteiger charge is 2.19. The van der Waals surface area contributed by atoms with Crippen LogP contribution >= 0.6 is 0 Å². The number of nitrogens with one attached hydrogen (secondary N) is 2. The molecule has 0 aliphatic carbocycles. The summed E-state index contributed by atoms with van der Waals surface area (Å²) in [5, 5.41) is 18.5. The van der Waals surface area contributed by atoms with Gasteiger partial charge in [-0.05, 0) is 11.8 Å². The summed E-state index contributed by atoms with van der Waals surface area (Å²) in [6.07, 6.45) is 3.04. The number of hydrogen-bond acceptors (Lipinski definition) is 4. The summed E-state index contributed by atoms with van der Waals surface area (Å²) in [6, 6.07) is -0.188. The van der Waals surface area contributed by atoms with Crippen molar-refractivity contribution in [3.63, 3.8) is 0 Å². The zero-order valence-electron chi connectivity index (χ0n) is 11.2. The van der Waals surface area contributed by atoms with Crippen LogP contribution in [0.15, 0.2) is 6.33 Å². The van der Waals surface area contributed by atoms with Crippen LogP contribution in [0.3, 0.4) is 0 Å². The molecule has 1 atom stereocenters. The number of aromatic amines is 1. The Kier molecular flexibility index (Phi) is 5.27. The first kappa shape index (κ1) is 14.6. The molecule has 0 aromatic carbocycles. The van der Waals surface area contributed by atoms with Crippen LogP contribution in [0.25, 0.3) is 0 Å². The van der Waals surface area contributed by atoms with Crippen LogP contribution in [0.1, 0.15) is 39.4 Å². The Morgan fingerprint density at radius 1 is 1.56 bits per heavy atom. The first-order valence-corrected chi connectivity index (χ1v) is 6.15. The molecule has 0 spiro atoms. The van der Waals surface area contributed by atoms with E-state index in [1.807, 2.05) is 0 Å². The Bertz CT molecular complexity index is 357. The quantitative estimate of drug-likeness (QED) is 0.695. The largest absolute Gasteiger partial charge is 0.394 e. The molecule has 0 aliphatic heterocycles. The third-order valence-corrected chi connectivity index (χ3v) is 2.50. The lowest BCUT2D eigenvalue weighted by Gasteiger charge is -2.25. The summed E-state index contributed by atoms with van der Waals surface area (Å²) in [6.45, 7) is 6.20. The molecule has 3 N–H and O–H groups in total. The number of H-pyrrole nitrogens is 1. The van der Waals surface area contributed by atoms with Crippen molar-refractivity contribution in [1.82, 2.24) is 20.5 Å². The molecule has 0 radical (unpaired) electrons. The predicted octanol–water partition coefficient (Wildman–Crippen LogP) is 0.651. The monoisotopic (exact) mass is 254 g/mol. The summed E-state index contributed by atoms with van der Waals surface area (Å²) in [7, 11) is 0. The number of carbonyl (C=O) groups excluding carboxylic acids is 1. The number of hydrogen-bond donors (Lipinski definition) is 3. The zero-order valence-corrected chi connectivity index (χ0v) is 11.2. The molecule has 6 nitrogen and oxygen atoms in total. The first-order chi connectivity index (χ1) is 8.40. The smallest absolute Gasteiger partial charge is 0.220 e. The lowest BCUT2D eigenvalue weighted by Crippen LogP contribution is -2.40. The zero-order chi connectivity index (χ0) is 13.6. The van der Waals surface area contributed by atoms with Crippen LogP contribution in [0.4, 0.5) is 0 Å². The van der Waals surface area contributed by atoms with Crippen LogP contribution in [0.5, 0.6) is 0 Å². The van der Waals surface area contributed by atoms with Crippen molar-refractivity contribution in [2.24, 2.45) is 5.41 Å². The van der Waals surface area contributed by atoms with Crippen LogP contribution in [-0.2, 0) is 11.2 Å². The van der Waals surface area contributed by atoms with Gasteiger partial charge in [0.1, 0.15) is 12.2 Å². The van der Waals surface area contributed by atoms with Gasteiger partial charge in [-0.1, -0.05) is 20.8 Å². The second kappa shape index (κ2) is 6.49. The fraction of sp³-hybridized carbons (Fsp3) is 0.750. The highest BCUT2D eigenvalue weighted by molar-refractivity contribution is 5.76. The molecule has 18 heavy (non-hydrogen) atoms. The second-order valence-corrected chi connectivity index (χ2v) is 5.64. The van der Waals surface area contributed by atoms with Gasteiger partial charge in [0.25, 0.3) is 0 Å². The van der Waals surface area contributed by atoms with E-state index in [9.17, 15) is 9.90 Å². The number of amides is 1. The molecule has 102 valence electrons. The minimum absolute atomic E-state index is 0.0364. The Hall–Kier alpha value is -1.43. The van der Waals surface area contributed by atoms with Gasteiger partial charge in [-0.3, -0.25) is 9.89 Å². The van der Waals surface area contributed by atoms with Crippen molar-refractivity contribution in [2.75, 3.05) is 6.61 Å². The fourth-order valence-corrected chi connectivity index (χ4v) is 1.78. The molecule has 1 aromatic heterocycles. The highest BCUT2D eigenvalue weighted by Crippen LogP contribution is 2.20. The minimum atomic E-state index is -0.188. The lowest BCUT2D eigenvalue weighted by atomic mass is 9.88. The number of aliphatic hydroxyl groups is 1. The average molecular weight is 254 g/mol. The predicted molar refractivity (Wildman–Crippen MR) is 67.8 cm³/mol. The normalized spacial score (nSPS) is 13.3. The number of nitrogens with zero attached hydrogens (tertiary/aromatic N) is 2. The molecule has 0 aliphatic rings. The van der Waals surface area contributed by atoms with E-state index < -0.39 is 0 Å². The van der Waals surface area contributed by atoms with E-state index >= 15 is 0 Å². The molecule has 1 rings (SSSR count). The van der Waals surface area contributed by atoms with Crippen molar-refractivity contribution in [3.8, 4) is 0 Å². The summed E-state index contributed by atoms with van der Waals surface area (Å²) >= 11 is 0. The third-order valence-electron chi connectivity index (χ3n) is 2.50. The molecule has 0 fully saturated rings. The number of carbonyl (C=O) groups is 1. The Balaban J connectivity index is 2.33. The standard InChI is InChI=1S/C12H22N4O2/c1-12(2,3)6-9(7-17)15-11(18)5-4-10-13-8-14-16-10/h8-9,17H,4-7H2,1-3H3,(H,15,18)(H,13,14,16). The number of rotatable bonds is 6. The molecule has 1 aromatic rings. The number of aliphatic hydroxyl groups excluding tert-OH is 1. The Morgan fingerprint density at radius 2 is 2.28 bits per heavy atom. The van der Waals surface area contributed by atoms with Crippen molar-refractivity contribution in [1.29, 1.82) is 0 Å². The Labute approximate surface area is 107 Å². The molecular formula is C12H22N4O2. The van der Waals surface area contributed by atoms with Gasteiger partial charge in [-0.25, -0.2) is 4.98 Å². The highest BCUT2D eigenvalue weighted by atomic mass is 16.3. The molecule has 1 unspecified atom stereocenters. The van der Waals surface area contributed by atoms with E-state index in [1.165, 1.54) is 6.33 Å². The van der Waals surface area contributed by atoms with Crippen LogP contribution in [-0.4, -0.2) is 38.8 Å². The molecule has 0 bridgehead atoms. The lowest BCUT2D eigenvalue weighted by molar-refractivity contribution is -0.122. The summed E-state index contributed by atoms with van der Waals surface area (Å²) in [5.41, 5.74) is 0.0750. The van der Waals surface area contributed by atoms with Crippen molar-refractivity contribution in [3.05, 3.63) is 12.2 Å². The maximum atomic E-state index is 11.7. The van der Waals surface area contributed by atoms with E-state index in [0.717, 1.165) is 6.42 Å². The fourth-order valence-electron chi connectivity index (χ4n) is 1.78. The molecule has 1 heterocycles. The van der Waals surface area contributed by atoms with Gasteiger partial charge < -0.3 is 10.4 Å². The van der Waals surface area contributed by atoms with Crippen molar-refractivity contribution >= 4 is 5.91 Å². The summed E-state index contributed by atoms with van der Waals surface area (Å²) in [4.78, 5) is 15.7. The molecule has 0 saturated carbocycles. The van der Waals surface area contributed by atoms with E-state index in [-0.39, 0.29) is 24.0 Å². The molecule has 1 amide bonds. The van der Waals surface area contributed by atoms with Crippen LogP contribution < -0.4 is 5.32 Å². The van der Waals surface area contributed by atoms with Crippen LogP contribution in [0.2, 0.25) is 0 Å². The average Bonchev–Trinajstić information content (AvgIpc) is 2.76. The molecule has 6 heteroatoms. The van der Waals surface area contributed by atoms with Gasteiger partial charge in [-0.15, -0.1) is 0 Å². The molecular weight excluding hydrogens is 232 g/mol. The maximum Gasteiger partial charge on any atom is 0.220 e. The minimum Gasteiger partial charge on any atom is -0.394 e. The van der Waals surface area contributed by atoms with Crippen molar-refractivity contribution in [2.45, 2.75) is 46.1 Å². The van der Waals surface area contributed by atoms with E-state index in [2.05, 4.69) is 41.3 Å².